The summed E-state index contributed by atoms with van der Waals surface area (Å²) in [6.45, 7) is 3.37. The van der Waals surface area contributed by atoms with E-state index in [-0.39, 0.29) is 5.91 Å². The molecule has 0 spiro atoms. The van der Waals surface area contributed by atoms with Gasteiger partial charge in [-0.05, 0) is 19.3 Å². The number of aryl methyl sites for hydroxylation is 2. The number of nitrogens with zero attached hydrogens (tertiary/aromatic N) is 4. The Morgan fingerprint density at radius 1 is 1.50 bits per heavy atom. The molecule has 0 aliphatic heterocycles. The van der Waals surface area contributed by atoms with Gasteiger partial charge in [0.1, 0.15) is 12.7 Å². The summed E-state index contributed by atoms with van der Waals surface area (Å²) in [7, 11) is 0. The molecule has 1 N–H and O–H groups in total. The Hall–Kier alpha value is -1.76. The third kappa shape index (κ3) is 4.73. The number of hydrogen-bond acceptors (Lipinski definition) is 5. The monoisotopic (exact) mass is 293 g/mol. The summed E-state index contributed by atoms with van der Waals surface area (Å²) in [5.74, 6) is 0.0511. The number of hydrogen-bond donors (Lipinski definition) is 1. The van der Waals surface area contributed by atoms with Crippen molar-refractivity contribution in [2.75, 3.05) is 0 Å². The number of carbonyl (C=O) groups excluding carboxylic acids is 1. The fourth-order valence-corrected chi connectivity index (χ4v) is 2.69. The van der Waals surface area contributed by atoms with Crippen molar-refractivity contribution in [3.05, 3.63) is 28.7 Å². The van der Waals surface area contributed by atoms with E-state index < -0.39 is 0 Å². The van der Waals surface area contributed by atoms with Crippen molar-refractivity contribution in [1.82, 2.24) is 25.1 Å². The fourth-order valence-electron chi connectivity index (χ4n) is 1.79. The quantitative estimate of drug-likeness (QED) is 0.805. The Morgan fingerprint density at radius 2 is 2.40 bits per heavy atom. The molecule has 2 aromatic rings. The lowest BCUT2D eigenvalue weighted by atomic mass is 10.3. The molecule has 1 amide bonds. The van der Waals surface area contributed by atoms with E-state index in [9.17, 15) is 4.79 Å². The first-order chi connectivity index (χ1) is 9.78. The predicted octanol–water partition coefficient (Wildman–Crippen LogP) is 1.78. The van der Waals surface area contributed by atoms with Crippen LogP contribution >= 0.6 is 11.3 Å². The molecule has 0 unspecified atom stereocenters. The lowest BCUT2D eigenvalue weighted by Crippen LogP contribution is -2.23. The minimum atomic E-state index is 0.0511. The molecular weight excluding hydrogens is 274 g/mol. The summed E-state index contributed by atoms with van der Waals surface area (Å²) in [4.78, 5) is 20.0. The Labute approximate surface area is 122 Å². The van der Waals surface area contributed by atoms with E-state index in [1.807, 2.05) is 5.38 Å². The van der Waals surface area contributed by atoms with Gasteiger partial charge in [-0.3, -0.25) is 9.48 Å². The van der Waals surface area contributed by atoms with Crippen LogP contribution in [0.2, 0.25) is 0 Å². The van der Waals surface area contributed by atoms with Gasteiger partial charge in [0.15, 0.2) is 0 Å². The average Bonchev–Trinajstić information content (AvgIpc) is 3.08. The van der Waals surface area contributed by atoms with E-state index in [2.05, 4.69) is 27.3 Å². The van der Waals surface area contributed by atoms with Crippen LogP contribution in [0.3, 0.4) is 0 Å². The number of aromatic nitrogens is 4. The van der Waals surface area contributed by atoms with E-state index in [0.29, 0.717) is 19.5 Å². The van der Waals surface area contributed by atoms with Crippen LogP contribution in [0.15, 0.2) is 18.0 Å². The molecular formula is C13H19N5OS. The van der Waals surface area contributed by atoms with Crippen molar-refractivity contribution < 1.29 is 4.79 Å². The van der Waals surface area contributed by atoms with Crippen molar-refractivity contribution in [2.45, 2.75) is 45.7 Å². The topological polar surface area (TPSA) is 72.7 Å². The summed E-state index contributed by atoms with van der Waals surface area (Å²) >= 11 is 1.66. The van der Waals surface area contributed by atoms with Crippen LogP contribution in [0, 0.1) is 0 Å². The maximum Gasteiger partial charge on any atom is 0.220 e. The van der Waals surface area contributed by atoms with Crippen LogP contribution in [0.5, 0.6) is 0 Å². The predicted molar refractivity (Wildman–Crippen MR) is 77.2 cm³/mol. The van der Waals surface area contributed by atoms with E-state index in [4.69, 9.17) is 0 Å². The van der Waals surface area contributed by atoms with E-state index >= 15 is 0 Å². The highest BCUT2D eigenvalue weighted by atomic mass is 32.1. The first-order valence-electron chi connectivity index (χ1n) is 6.80. The van der Waals surface area contributed by atoms with Crippen LogP contribution in [-0.4, -0.2) is 25.7 Å². The van der Waals surface area contributed by atoms with Crippen molar-refractivity contribution in [3.8, 4) is 0 Å². The molecule has 6 nitrogen and oxygen atoms in total. The van der Waals surface area contributed by atoms with Crippen LogP contribution in [0.25, 0.3) is 0 Å². The molecule has 2 aromatic heterocycles. The molecule has 0 aliphatic carbocycles. The zero-order valence-electron chi connectivity index (χ0n) is 11.6. The van der Waals surface area contributed by atoms with Gasteiger partial charge in [-0.25, -0.2) is 9.97 Å². The smallest absolute Gasteiger partial charge is 0.220 e. The molecule has 0 bridgehead atoms. The minimum absolute atomic E-state index is 0.0511. The van der Waals surface area contributed by atoms with Gasteiger partial charge in [0.2, 0.25) is 5.91 Å². The minimum Gasteiger partial charge on any atom is -0.350 e. The van der Waals surface area contributed by atoms with Gasteiger partial charge in [-0.2, -0.15) is 5.10 Å². The Morgan fingerprint density at radius 3 is 3.15 bits per heavy atom. The first kappa shape index (κ1) is 14.6. The van der Waals surface area contributed by atoms with E-state index in [1.54, 1.807) is 22.3 Å². The molecule has 108 valence electrons. The van der Waals surface area contributed by atoms with E-state index in [1.165, 1.54) is 6.33 Å². The molecule has 2 heterocycles. The normalized spacial score (nSPS) is 10.7. The van der Waals surface area contributed by atoms with Crippen LogP contribution in [0.1, 0.15) is 36.9 Å². The third-order valence-corrected chi connectivity index (χ3v) is 3.74. The van der Waals surface area contributed by atoms with Crippen molar-refractivity contribution in [3.63, 3.8) is 0 Å². The van der Waals surface area contributed by atoms with Crippen molar-refractivity contribution in [2.24, 2.45) is 0 Å². The van der Waals surface area contributed by atoms with Crippen molar-refractivity contribution >= 4 is 17.2 Å². The summed E-state index contributed by atoms with van der Waals surface area (Å²) in [5.41, 5.74) is 0.947. The molecule has 0 radical (unpaired) electrons. The molecule has 20 heavy (non-hydrogen) atoms. The van der Waals surface area contributed by atoms with E-state index in [0.717, 1.165) is 30.0 Å². The van der Waals surface area contributed by atoms with Gasteiger partial charge < -0.3 is 5.32 Å². The number of amides is 1. The van der Waals surface area contributed by atoms with Crippen LogP contribution in [0.4, 0.5) is 0 Å². The molecule has 0 saturated carbocycles. The SMILES string of the molecule is CCCc1nc(CNC(=O)CCCn2cncn2)cs1. The molecule has 0 fully saturated rings. The lowest BCUT2D eigenvalue weighted by Gasteiger charge is -2.03. The Kier molecular flexibility index (Phi) is 5.67. The zero-order chi connectivity index (χ0) is 14.2. The molecule has 0 atom stereocenters. The second kappa shape index (κ2) is 7.74. The summed E-state index contributed by atoms with van der Waals surface area (Å²) in [5, 5.41) is 10.0. The van der Waals surface area contributed by atoms with Gasteiger partial charge in [0.05, 0.1) is 17.2 Å². The standard InChI is InChI=1S/C13H19N5OS/c1-2-4-13-17-11(8-20-13)7-15-12(19)5-3-6-18-10-14-9-16-18/h8-10H,2-7H2,1H3,(H,15,19). The second-order valence-corrected chi connectivity index (χ2v) is 5.46. The second-order valence-electron chi connectivity index (χ2n) is 4.52. The number of carbonyl (C=O) groups is 1. The highest BCUT2D eigenvalue weighted by Crippen LogP contribution is 2.11. The Balaban J connectivity index is 1.64. The van der Waals surface area contributed by atoms with Gasteiger partial charge in [-0.1, -0.05) is 6.92 Å². The van der Waals surface area contributed by atoms with Gasteiger partial charge in [0.25, 0.3) is 0 Å². The summed E-state index contributed by atoms with van der Waals surface area (Å²) in [6.07, 6.45) is 6.51. The summed E-state index contributed by atoms with van der Waals surface area (Å²) < 4.78 is 1.73. The van der Waals surface area contributed by atoms with Gasteiger partial charge in [-0.15, -0.1) is 11.3 Å². The molecule has 0 aliphatic rings. The third-order valence-electron chi connectivity index (χ3n) is 2.79. The van der Waals surface area contributed by atoms with Crippen LogP contribution in [-0.2, 0) is 24.3 Å². The number of rotatable bonds is 8. The maximum absolute atomic E-state index is 11.7. The lowest BCUT2D eigenvalue weighted by molar-refractivity contribution is -0.121. The van der Waals surface area contributed by atoms with Gasteiger partial charge in [0, 0.05) is 18.3 Å². The highest BCUT2D eigenvalue weighted by molar-refractivity contribution is 7.09. The number of nitrogens with one attached hydrogen (secondary N) is 1. The highest BCUT2D eigenvalue weighted by Gasteiger charge is 2.05. The average molecular weight is 293 g/mol. The van der Waals surface area contributed by atoms with Crippen molar-refractivity contribution in [1.29, 1.82) is 0 Å². The van der Waals surface area contributed by atoms with Crippen LogP contribution < -0.4 is 5.32 Å². The number of thiazole rings is 1. The fraction of sp³-hybridized carbons (Fsp3) is 0.538. The van der Waals surface area contributed by atoms with Gasteiger partial charge >= 0.3 is 0 Å². The molecule has 0 saturated heterocycles. The zero-order valence-corrected chi connectivity index (χ0v) is 12.4. The Bertz CT molecular complexity index is 523. The summed E-state index contributed by atoms with van der Waals surface area (Å²) in [6, 6.07) is 0. The first-order valence-corrected chi connectivity index (χ1v) is 7.68. The largest absolute Gasteiger partial charge is 0.350 e. The molecule has 7 heteroatoms. The molecule has 2 rings (SSSR count). The maximum atomic E-state index is 11.7. The molecule has 0 aromatic carbocycles.